The van der Waals surface area contributed by atoms with Crippen molar-refractivity contribution < 1.29 is 0 Å². The lowest BCUT2D eigenvalue weighted by atomic mass is 9.90. The summed E-state index contributed by atoms with van der Waals surface area (Å²) in [5.41, 5.74) is 2.51. The van der Waals surface area contributed by atoms with Crippen molar-refractivity contribution in [2.45, 2.75) is 32.2 Å². The minimum atomic E-state index is 0.217. The van der Waals surface area contributed by atoms with Crippen LogP contribution in [0.5, 0.6) is 0 Å². The quantitative estimate of drug-likeness (QED) is 0.754. The molecule has 3 heteroatoms. The zero-order valence-electron chi connectivity index (χ0n) is 8.80. The molecule has 2 N–H and O–H groups in total. The van der Waals surface area contributed by atoms with Gasteiger partial charge in [-0.05, 0) is 18.9 Å². The Morgan fingerprint density at radius 1 is 1.36 bits per heavy atom. The van der Waals surface area contributed by atoms with Gasteiger partial charge in [0.25, 0.3) is 0 Å². The van der Waals surface area contributed by atoms with Gasteiger partial charge in [0.2, 0.25) is 0 Å². The lowest BCUT2D eigenvalue weighted by molar-refractivity contribution is 0.451. The highest BCUT2D eigenvalue weighted by atomic mass is 15.1. The van der Waals surface area contributed by atoms with Crippen LogP contribution in [0.3, 0.4) is 0 Å². The first-order valence-electron chi connectivity index (χ1n) is 5.26. The molecule has 2 heterocycles. The molecule has 1 aliphatic heterocycles. The number of fused-ring (bicyclic) bond motifs is 1. The third kappa shape index (κ3) is 1.43. The summed E-state index contributed by atoms with van der Waals surface area (Å²) in [6.07, 6.45) is 5.98. The van der Waals surface area contributed by atoms with Gasteiger partial charge in [0, 0.05) is 12.7 Å². The molecule has 2 rings (SSSR count). The molecular formula is C11H17N3. The molecule has 0 bridgehead atoms. The molecule has 0 aliphatic carbocycles. The van der Waals surface area contributed by atoms with Crippen molar-refractivity contribution in [2.24, 2.45) is 0 Å². The van der Waals surface area contributed by atoms with Crippen molar-refractivity contribution >= 4 is 11.4 Å². The van der Waals surface area contributed by atoms with Gasteiger partial charge >= 0.3 is 0 Å². The number of pyridine rings is 1. The largest absolute Gasteiger partial charge is 0.380 e. The summed E-state index contributed by atoms with van der Waals surface area (Å²) in [6, 6.07) is 2.03. The van der Waals surface area contributed by atoms with Crippen molar-refractivity contribution in [1.82, 2.24) is 4.98 Å². The van der Waals surface area contributed by atoms with E-state index in [1.165, 1.54) is 5.69 Å². The van der Waals surface area contributed by atoms with Crippen molar-refractivity contribution in [2.75, 3.05) is 17.2 Å². The third-order valence-electron chi connectivity index (χ3n) is 3.19. The highest BCUT2D eigenvalue weighted by Crippen LogP contribution is 2.32. The highest BCUT2D eigenvalue weighted by molar-refractivity contribution is 5.70. The second kappa shape index (κ2) is 3.48. The average Bonchev–Trinajstić information content (AvgIpc) is 2.28. The zero-order chi connectivity index (χ0) is 10.0. The molecule has 1 aliphatic rings. The second-order valence-electron chi connectivity index (χ2n) is 3.89. The van der Waals surface area contributed by atoms with Crippen LogP contribution in [-0.4, -0.2) is 17.1 Å². The fourth-order valence-corrected chi connectivity index (χ4v) is 1.92. The van der Waals surface area contributed by atoms with Crippen LogP contribution in [0.4, 0.5) is 11.4 Å². The van der Waals surface area contributed by atoms with Crippen LogP contribution in [0, 0.1) is 0 Å². The molecule has 0 amide bonds. The van der Waals surface area contributed by atoms with E-state index < -0.39 is 0 Å². The number of hydrogen-bond donors (Lipinski definition) is 2. The molecule has 0 fully saturated rings. The van der Waals surface area contributed by atoms with Crippen molar-refractivity contribution in [3.05, 3.63) is 18.5 Å². The smallest absolute Gasteiger partial charge is 0.0763 e. The molecule has 1 aromatic rings. The number of anilines is 2. The van der Waals surface area contributed by atoms with E-state index >= 15 is 0 Å². The predicted molar refractivity (Wildman–Crippen MR) is 59.7 cm³/mol. The molecule has 14 heavy (non-hydrogen) atoms. The number of nitrogens with one attached hydrogen (secondary N) is 2. The van der Waals surface area contributed by atoms with Gasteiger partial charge in [0.1, 0.15) is 0 Å². The molecule has 76 valence electrons. The second-order valence-corrected chi connectivity index (χ2v) is 3.89. The molecule has 0 atom stereocenters. The van der Waals surface area contributed by atoms with E-state index in [1.54, 1.807) is 0 Å². The first-order chi connectivity index (χ1) is 6.79. The maximum absolute atomic E-state index is 4.09. The monoisotopic (exact) mass is 191 g/mol. The zero-order valence-corrected chi connectivity index (χ0v) is 8.80. The van der Waals surface area contributed by atoms with Crippen molar-refractivity contribution in [3.8, 4) is 0 Å². The summed E-state index contributed by atoms with van der Waals surface area (Å²) in [5.74, 6) is 0. The Morgan fingerprint density at radius 3 is 2.86 bits per heavy atom. The Labute approximate surface area is 84.9 Å². The van der Waals surface area contributed by atoms with Crippen LogP contribution >= 0.6 is 0 Å². The van der Waals surface area contributed by atoms with E-state index in [-0.39, 0.29) is 5.54 Å². The fourth-order valence-electron chi connectivity index (χ4n) is 1.92. The standard InChI is InChI=1S/C11H17N3/c1-3-11(4-2)8-13-10-7-12-6-5-9(10)14-11/h5-7,13-14H,3-4,8H2,1-2H3. The molecule has 0 radical (unpaired) electrons. The highest BCUT2D eigenvalue weighted by Gasteiger charge is 2.29. The summed E-state index contributed by atoms with van der Waals surface area (Å²) in [4.78, 5) is 4.09. The molecule has 0 unspecified atom stereocenters. The summed E-state index contributed by atoms with van der Waals surface area (Å²) >= 11 is 0. The van der Waals surface area contributed by atoms with E-state index in [2.05, 4.69) is 29.5 Å². The number of hydrogen-bond acceptors (Lipinski definition) is 3. The molecule has 1 aromatic heterocycles. The van der Waals surface area contributed by atoms with Gasteiger partial charge in [0.05, 0.1) is 23.1 Å². The molecule has 3 nitrogen and oxygen atoms in total. The molecule has 0 saturated carbocycles. The van der Waals surface area contributed by atoms with Crippen LogP contribution in [-0.2, 0) is 0 Å². The van der Waals surface area contributed by atoms with Crippen molar-refractivity contribution in [3.63, 3.8) is 0 Å². The Balaban J connectivity index is 2.28. The van der Waals surface area contributed by atoms with Crippen LogP contribution in [0.1, 0.15) is 26.7 Å². The Morgan fingerprint density at radius 2 is 2.14 bits per heavy atom. The lowest BCUT2D eigenvalue weighted by Crippen LogP contribution is -2.46. The Hall–Kier alpha value is -1.25. The minimum absolute atomic E-state index is 0.217. The predicted octanol–water partition coefficient (Wildman–Crippen LogP) is 2.48. The topological polar surface area (TPSA) is 37.0 Å². The van der Waals surface area contributed by atoms with E-state index in [0.29, 0.717) is 0 Å². The maximum Gasteiger partial charge on any atom is 0.0763 e. The van der Waals surface area contributed by atoms with Crippen LogP contribution < -0.4 is 10.6 Å². The SMILES string of the molecule is CCC1(CC)CNc2cnccc2N1. The van der Waals surface area contributed by atoms with Crippen LogP contribution in [0.15, 0.2) is 18.5 Å². The van der Waals surface area contributed by atoms with Gasteiger partial charge in [-0.25, -0.2) is 0 Å². The van der Waals surface area contributed by atoms with Gasteiger partial charge in [-0.15, -0.1) is 0 Å². The summed E-state index contributed by atoms with van der Waals surface area (Å²) in [5, 5.41) is 7.04. The van der Waals surface area contributed by atoms with Gasteiger partial charge in [-0.1, -0.05) is 13.8 Å². The third-order valence-corrected chi connectivity index (χ3v) is 3.19. The summed E-state index contributed by atoms with van der Waals surface area (Å²) in [6.45, 7) is 5.44. The summed E-state index contributed by atoms with van der Waals surface area (Å²) in [7, 11) is 0. The van der Waals surface area contributed by atoms with E-state index in [0.717, 1.165) is 25.1 Å². The van der Waals surface area contributed by atoms with Gasteiger partial charge in [-0.3, -0.25) is 4.98 Å². The molecule has 0 saturated heterocycles. The Kier molecular flexibility index (Phi) is 2.32. The summed E-state index contributed by atoms with van der Waals surface area (Å²) < 4.78 is 0. The molecule has 0 spiro atoms. The fraction of sp³-hybridized carbons (Fsp3) is 0.545. The molecular weight excluding hydrogens is 174 g/mol. The van der Waals surface area contributed by atoms with Gasteiger partial charge in [0.15, 0.2) is 0 Å². The first-order valence-corrected chi connectivity index (χ1v) is 5.26. The Bertz CT molecular complexity index is 318. The average molecular weight is 191 g/mol. The van der Waals surface area contributed by atoms with Crippen LogP contribution in [0.25, 0.3) is 0 Å². The van der Waals surface area contributed by atoms with E-state index in [1.807, 2.05) is 18.5 Å². The van der Waals surface area contributed by atoms with Gasteiger partial charge in [-0.2, -0.15) is 0 Å². The lowest BCUT2D eigenvalue weighted by Gasteiger charge is -2.39. The number of aromatic nitrogens is 1. The first kappa shape index (κ1) is 9.31. The van der Waals surface area contributed by atoms with Crippen LogP contribution in [0.2, 0.25) is 0 Å². The van der Waals surface area contributed by atoms with E-state index in [4.69, 9.17) is 0 Å². The van der Waals surface area contributed by atoms with Gasteiger partial charge < -0.3 is 10.6 Å². The van der Waals surface area contributed by atoms with E-state index in [9.17, 15) is 0 Å². The molecule has 0 aromatic carbocycles. The maximum atomic E-state index is 4.09. The van der Waals surface area contributed by atoms with Crippen molar-refractivity contribution in [1.29, 1.82) is 0 Å². The normalized spacial score (nSPS) is 17.9. The number of nitrogens with zero attached hydrogens (tertiary/aromatic N) is 1. The minimum Gasteiger partial charge on any atom is -0.380 e. The number of rotatable bonds is 2.